The lowest BCUT2D eigenvalue weighted by molar-refractivity contribution is 1.13. The van der Waals surface area contributed by atoms with Gasteiger partial charge >= 0.3 is 0 Å². The fraction of sp³-hybridized carbons (Fsp3) is 0. The molecule has 0 saturated heterocycles. The fourth-order valence-electron chi connectivity index (χ4n) is 9.49. The molecule has 71 heavy (non-hydrogen) atoms. The smallest absolute Gasteiger partial charge is 0.194 e. The Labute approximate surface area is 410 Å². The number of aromatic nitrogens is 5. The van der Waals surface area contributed by atoms with Crippen LogP contribution < -0.4 is 0 Å². The van der Waals surface area contributed by atoms with Crippen molar-refractivity contribution in [1.82, 2.24) is 24.5 Å². The molecular formula is C64H39N7. The third kappa shape index (κ3) is 7.96. The molecule has 0 unspecified atom stereocenters. The number of benzene rings is 9. The summed E-state index contributed by atoms with van der Waals surface area (Å²) in [6.45, 7) is 8.02. The zero-order valence-corrected chi connectivity index (χ0v) is 38.1. The van der Waals surface area contributed by atoms with E-state index in [2.05, 4.69) is 125 Å². The van der Waals surface area contributed by atoms with E-state index < -0.39 is 0 Å². The SMILES string of the molecule is [C-]#[N+]c1ccccc1-c1ccc2c(c1)c1cc(-c3ccccc3C#N)ccc1n2-c1ccc(-c2nc(-c3ccccc3)cc(-c3ccccc3)n2)cc1-c1nc(-c2ccccc2)cc(-c2ccccc2)n1. The summed E-state index contributed by atoms with van der Waals surface area (Å²) in [5.41, 5.74) is 16.1. The molecule has 0 spiro atoms. The van der Waals surface area contributed by atoms with E-state index in [0.29, 0.717) is 22.9 Å². The minimum Gasteiger partial charge on any atom is -0.308 e. The van der Waals surface area contributed by atoms with Gasteiger partial charge in [-0.2, -0.15) is 5.26 Å². The molecule has 0 aliphatic carbocycles. The van der Waals surface area contributed by atoms with Gasteiger partial charge in [-0.15, -0.1) is 0 Å². The van der Waals surface area contributed by atoms with E-state index in [1.165, 1.54) is 0 Å². The van der Waals surface area contributed by atoms with Crippen LogP contribution in [0, 0.1) is 17.9 Å². The third-order valence-corrected chi connectivity index (χ3v) is 12.9. The molecule has 7 nitrogen and oxygen atoms in total. The Balaban J connectivity index is 1.16. The molecule has 0 fully saturated rings. The maximum absolute atomic E-state index is 10.2. The molecule has 0 saturated carbocycles. The molecule has 0 aliphatic heterocycles. The van der Waals surface area contributed by atoms with E-state index in [1.54, 1.807) is 0 Å². The van der Waals surface area contributed by atoms with Crippen LogP contribution in [-0.4, -0.2) is 24.5 Å². The minimum atomic E-state index is 0.529. The molecule has 12 aromatic rings. The molecule has 0 N–H and O–H groups in total. The summed E-state index contributed by atoms with van der Waals surface area (Å²) in [5.74, 6) is 1.09. The molecule has 0 radical (unpaired) electrons. The van der Waals surface area contributed by atoms with Gasteiger partial charge in [0.05, 0.1) is 57.7 Å². The summed E-state index contributed by atoms with van der Waals surface area (Å²) >= 11 is 0. The van der Waals surface area contributed by atoms with E-state index >= 15 is 0 Å². The Morgan fingerprint density at radius 2 is 0.789 bits per heavy atom. The van der Waals surface area contributed by atoms with Crippen LogP contribution in [0.1, 0.15) is 5.56 Å². The predicted octanol–water partition coefficient (Wildman–Crippen LogP) is 16.1. The first-order valence-electron chi connectivity index (χ1n) is 23.3. The summed E-state index contributed by atoms with van der Waals surface area (Å²) in [4.78, 5) is 25.2. The second kappa shape index (κ2) is 18.2. The van der Waals surface area contributed by atoms with Crippen molar-refractivity contribution in [2.24, 2.45) is 0 Å². The van der Waals surface area contributed by atoms with Gasteiger partial charge in [-0.25, -0.2) is 24.8 Å². The molecule has 0 amide bonds. The summed E-state index contributed by atoms with van der Waals surface area (Å²) < 4.78 is 2.28. The van der Waals surface area contributed by atoms with Crippen LogP contribution in [0.4, 0.5) is 5.69 Å². The molecule has 0 atom stereocenters. The number of rotatable bonds is 9. The Kier molecular flexibility index (Phi) is 10.8. The van der Waals surface area contributed by atoms with E-state index in [0.717, 1.165) is 106 Å². The third-order valence-electron chi connectivity index (χ3n) is 12.9. The Bertz CT molecular complexity index is 3830. The summed E-state index contributed by atoms with van der Waals surface area (Å²) in [6, 6.07) is 81.9. The van der Waals surface area contributed by atoms with Crippen LogP contribution in [0.25, 0.3) is 122 Å². The molecule has 0 aliphatic rings. The number of hydrogen-bond donors (Lipinski definition) is 0. The molecule has 3 aromatic heterocycles. The van der Waals surface area contributed by atoms with Crippen molar-refractivity contribution >= 4 is 27.5 Å². The summed E-state index contributed by atoms with van der Waals surface area (Å²) in [7, 11) is 0. The lowest BCUT2D eigenvalue weighted by atomic mass is 9.97. The second-order valence-corrected chi connectivity index (χ2v) is 17.2. The Hall–Kier alpha value is -10.1. The number of fused-ring (bicyclic) bond motifs is 3. The highest BCUT2D eigenvalue weighted by atomic mass is 15.0. The van der Waals surface area contributed by atoms with Gasteiger partial charge in [-0.3, -0.25) is 0 Å². The molecule has 3 heterocycles. The van der Waals surface area contributed by atoms with Gasteiger partial charge in [0, 0.05) is 44.2 Å². The zero-order chi connectivity index (χ0) is 47.7. The Morgan fingerprint density at radius 1 is 0.366 bits per heavy atom. The van der Waals surface area contributed by atoms with E-state index in [-0.39, 0.29) is 0 Å². The second-order valence-electron chi connectivity index (χ2n) is 17.2. The van der Waals surface area contributed by atoms with Gasteiger partial charge in [0.2, 0.25) is 0 Å². The highest BCUT2D eigenvalue weighted by Crippen LogP contribution is 2.42. The van der Waals surface area contributed by atoms with Crippen molar-refractivity contribution in [1.29, 1.82) is 5.26 Å². The topological polar surface area (TPSA) is 84.6 Å². The maximum atomic E-state index is 10.2. The van der Waals surface area contributed by atoms with Crippen molar-refractivity contribution in [3.63, 3.8) is 0 Å². The number of hydrogen-bond acceptors (Lipinski definition) is 5. The van der Waals surface area contributed by atoms with Crippen LogP contribution in [0.15, 0.2) is 237 Å². The number of nitriles is 1. The molecular weight excluding hydrogens is 867 g/mol. The highest BCUT2D eigenvalue weighted by molar-refractivity contribution is 6.12. The first-order valence-corrected chi connectivity index (χ1v) is 23.3. The molecule has 12 rings (SSSR count). The van der Waals surface area contributed by atoms with Crippen molar-refractivity contribution in [2.75, 3.05) is 0 Å². The molecule has 330 valence electrons. The maximum Gasteiger partial charge on any atom is 0.194 e. The lowest BCUT2D eigenvalue weighted by Crippen LogP contribution is -2.03. The normalized spacial score (nSPS) is 11.1. The van der Waals surface area contributed by atoms with E-state index in [1.807, 2.05) is 127 Å². The summed E-state index contributed by atoms with van der Waals surface area (Å²) in [5, 5.41) is 12.2. The highest BCUT2D eigenvalue weighted by Gasteiger charge is 2.23. The van der Waals surface area contributed by atoms with Crippen LogP contribution in [0.5, 0.6) is 0 Å². The molecule has 7 heteroatoms. The van der Waals surface area contributed by atoms with Crippen molar-refractivity contribution < 1.29 is 0 Å². The van der Waals surface area contributed by atoms with Crippen molar-refractivity contribution in [2.45, 2.75) is 0 Å². The van der Waals surface area contributed by atoms with Gasteiger partial charge in [-0.05, 0) is 82.9 Å². The molecule has 9 aromatic carbocycles. The van der Waals surface area contributed by atoms with Crippen LogP contribution in [-0.2, 0) is 0 Å². The van der Waals surface area contributed by atoms with Crippen molar-refractivity contribution in [3.05, 3.63) is 254 Å². The van der Waals surface area contributed by atoms with Gasteiger partial charge in [0.25, 0.3) is 0 Å². The van der Waals surface area contributed by atoms with Crippen LogP contribution >= 0.6 is 0 Å². The molecule has 0 bridgehead atoms. The minimum absolute atomic E-state index is 0.529. The van der Waals surface area contributed by atoms with Gasteiger partial charge < -0.3 is 4.57 Å². The van der Waals surface area contributed by atoms with E-state index in [9.17, 15) is 5.26 Å². The zero-order valence-electron chi connectivity index (χ0n) is 38.1. The monoisotopic (exact) mass is 905 g/mol. The van der Waals surface area contributed by atoms with Crippen LogP contribution in [0.2, 0.25) is 0 Å². The largest absolute Gasteiger partial charge is 0.308 e. The van der Waals surface area contributed by atoms with Gasteiger partial charge in [0.1, 0.15) is 0 Å². The quantitative estimate of drug-likeness (QED) is 0.135. The number of para-hydroxylation sites is 1. The standard InChI is InChI=1S/C64H39N7/c1-66-55-29-17-16-28-51(55)47-31-34-61-53(37-47)52-36-46(50-27-15-14-26-49(50)41-65)30-33-60(52)71(61)62-35-32-48(63-67-56(42-18-6-2-7-19-42)39-57(68-63)43-20-8-3-9-21-43)38-54(62)64-69-58(44-22-10-4-11-23-44)40-59(70-64)45-24-12-5-13-25-45/h2-40H. The predicted molar refractivity (Wildman–Crippen MR) is 286 cm³/mol. The van der Waals surface area contributed by atoms with Crippen LogP contribution in [0.3, 0.4) is 0 Å². The summed E-state index contributed by atoms with van der Waals surface area (Å²) in [6.07, 6.45) is 0. The van der Waals surface area contributed by atoms with E-state index in [4.69, 9.17) is 26.5 Å². The lowest BCUT2D eigenvalue weighted by Gasteiger charge is -2.17. The fourth-order valence-corrected chi connectivity index (χ4v) is 9.49. The van der Waals surface area contributed by atoms with Crippen molar-refractivity contribution in [3.8, 4) is 102 Å². The Morgan fingerprint density at radius 3 is 1.28 bits per heavy atom. The first-order chi connectivity index (χ1) is 35.1. The average Bonchev–Trinajstić information content (AvgIpc) is 3.78. The first kappa shape index (κ1) is 42.3. The average molecular weight is 906 g/mol. The van der Waals surface area contributed by atoms with Gasteiger partial charge in [-0.1, -0.05) is 176 Å². The number of nitrogens with zero attached hydrogens (tertiary/aromatic N) is 7. The van der Waals surface area contributed by atoms with Gasteiger partial charge in [0.15, 0.2) is 17.3 Å².